The Morgan fingerprint density at radius 3 is 2.76 bits per heavy atom. The van der Waals surface area contributed by atoms with Crippen molar-refractivity contribution in [3.05, 3.63) is 29.3 Å². The van der Waals surface area contributed by atoms with Gasteiger partial charge in [0.15, 0.2) is 0 Å². The van der Waals surface area contributed by atoms with Gasteiger partial charge in [-0.05, 0) is 11.6 Å². The van der Waals surface area contributed by atoms with Crippen molar-refractivity contribution in [3.8, 4) is 5.75 Å². The minimum Gasteiger partial charge on any atom is -0.508 e. The van der Waals surface area contributed by atoms with Crippen molar-refractivity contribution in [2.75, 3.05) is 33.3 Å². The van der Waals surface area contributed by atoms with Crippen molar-refractivity contribution in [1.82, 2.24) is 10.2 Å². The lowest BCUT2D eigenvalue weighted by Gasteiger charge is -2.27. The highest BCUT2D eigenvalue weighted by molar-refractivity contribution is 5.36. The Morgan fingerprint density at radius 1 is 1.35 bits per heavy atom. The zero-order chi connectivity index (χ0) is 12.1. The highest BCUT2D eigenvalue weighted by Gasteiger charge is 2.10. The molecule has 4 heteroatoms. The number of hydrogen-bond acceptors (Lipinski definition) is 4. The summed E-state index contributed by atoms with van der Waals surface area (Å²) in [6.07, 6.45) is 0. The second kappa shape index (κ2) is 6.00. The first-order chi connectivity index (χ1) is 8.29. The first-order valence-corrected chi connectivity index (χ1v) is 6.02. The molecule has 0 amide bonds. The van der Waals surface area contributed by atoms with Crippen LogP contribution in [0.5, 0.6) is 5.75 Å². The molecule has 94 valence electrons. The van der Waals surface area contributed by atoms with Crippen LogP contribution in [0.25, 0.3) is 0 Å². The Balaban J connectivity index is 1.98. The van der Waals surface area contributed by atoms with Crippen LogP contribution in [0, 0.1) is 0 Å². The molecule has 1 saturated heterocycles. The highest BCUT2D eigenvalue weighted by Crippen LogP contribution is 2.20. The van der Waals surface area contributed by atoms with Crippen LogP contribution >= 0.6 is 0 Å². The number of ether oxygens (including phenoxy) is 1. The highest BCUT2D eigenvalue weighted by atomic mass is 16.5. The predicted molar refractivity (Wildman–Crippen MR) is 67.0 cm³/mol. The maximum atomic E-state index is 9.84. The van der Waals surface area contributed by atoms with Crippen LogP contribution in [-0.2, 0) is 17.9 Å². The summed E-state index contributed by atoms with van der Waals surface area (Å²) in [6, 6.07) is 5.85. The van der Waals surface area contributed by atoms with E-state index in [0.29, 0.717) is 12.4 Å². The largest absolute Gasteiger partial charge is 0.508 e. The fourth-order valence-electron chi connectivity index (χ4n) is 2.11. The number of phenols is 1. The van der Waals surface area contributed by atoms with E-state index in [1.165, 1.54) is 0 Å². The van der Waals surface area contributed by atoms with Gasteiger partial charge in [0, 0.05) is 45.4 Å². The zero-order valence-electron chi connectivity index (χ0n) is 10.3. The maximum Gasteiger partial charge on any atom is 0.121 e. The number of aromatic hydroxyl groups is 1. The summed E-state index contributed by atoms with van der Waals surface area (Å²) in [7, 11) is 1.63. The maximum absolute atomic E-state index is 9.84. The lowest BCUT2D eigenvalue weighted by Crippen LogP contribution is -2.42. The Morgan fingerprint density at radius 2 is 2.12 bits per heavy atom. The average molecular weight is 236 g/mol. The van der Waals surface area contributed by atoms with Gasteiger partial charge in [-0.25, -0.2) is 0 Å². The van der Waals surface area contributed by atoms with Gasteiger partial charge in [-0.3, -0.25) is 4.90 Å². The van der Waals surface area contributed by atoms with E-state index in [1.807, 2.05) is 12.1 Å². The van der Waals surface area contributed by atoms with Gasteiger partial charge in [-0.2, -0.15) is 0 Å². The van der Waals surface area contributed by atoms with Gasteiger partial charge in [0.25, 0.3) is 0 Å². The molecule has 1 aromatic carbocycles. The fraction of sp³-hybridized carbons (Fsp3) is 0.538. The quantitative estimate of drug-likeness (QED) is 0.817. The standard InChI is InChI=1S/C13H20N2O2/c1-17-10-12-3-2-11(8-13(12)16)9-15-6-4-14-5-7-15/h2-3,8,14,16H,4-7,9-10H2,1H3. The van der Waals surface area contributed by atoms with Crippen molar-refractivity contribution in [2.45, 2.75) is 13.2 Å². The first kappa shape index (κ1) is 12.4. The minimum absolute atomic E-state index is 0.333. The van der Waals surface area contributed by atoms with Crippen LogP contribution in [0.1, 0.15) is 11.1 Å². The molecule has 17 heavy (non-hydrogen) atoms. The van der Waals surface area contributed by atoms with E-state index in [9.17, 15) is 5.11 Å². The Bertz CT molecular complexity index is 362. The number of piperazine rings is 1. The van der Waals surface area contributed by atoms with Crippen molar-refractivity contribution in [2.24, 2.45) is 0 Å². The molecule has 0 saturated carbocycles. The van der Waals surface area contributed by atoms with Gasteiger partial charge in [0.05, 0.1) is 6.61 Å². The van der Waals surface area contributed by atoms with Gasteiger partial charge < -0.3 is 15.2 Å². The molecule has 0 spiro atoms. The van der Waals surface area contributed by atoms with E-state index in [-0.39, 0.29) is 0 Å². The molecule has 2 N–H and O–H groups in total. The topological polar surface area (TPSA) is 44.7 Å². The first-order valence-electron chi connectivity index (χ1n) is 6.02. The molecule has 1 heterocycles. The third-order valence-electron chi connectivity index (χ3n) is 3.07. The van der Waals surface area contributed by atoms with Gasteiger partial charge in [0.2, 0.25) is 0 Å². The second-order valence-corrected chi connectivity index (χ2v) is 4.42. The number of benzene rings is 1. The molecular formula is C13H20N2O2. The number of nitrogens with zero attached hydrogens (tertiary/aromatic N) is 1. The predicted octanol–water partition coefficient (Wildman–Crippen LogP) is 0.944. The molecular weight excluding hydrogens is 216 g/mol. The Labute approximate surface area is 102 Å². The van der Waals surface area contributed by atoms with E-state index >= 15 is 0 Å². The lowest BCUT2D eigenvalue weighted by atomic mass is 10.1. The molecule has 1 aromatic rings. The van der Waals surface area contributed by atoms with Crippen LogP contribution in [0.3, 0.4) is 0 Å². The number of phenolic OH excluding ortho intramolecular Hbond substituents is 1. The third-order valence-corrected chi connectivity index (χ3v) is 3.07. The monoisotopic (exact) mass is 236 g/mol. The number of hydrogen-bond donors (Lipinski definition) is 2. The summed E-state index contributed by atoms with van der Waals surface area (Å²) in [4.78, 5) is 2.39. The lowest BCUT2D eigenvalue weighted by molar-refractivity contribution is 0.182. The molecule has 0 aliphatic carbocycles. The van der Waals surface area contributed by atoms with E-state index < -0.39 is 0 Å². The third kappa shape index (κ3) is 3.43. The van der Waals surface area contributed by atoms with Gasteiger partial charge in [0.1, 0.15) is 5.75 Å². The fourth-order valence-corrected chi connectivity index (χ4v) is 2.11. The van der Waals surface area contributed by atoms with E-state index in [2.05, 4.69) is 16.3 Å². The summed E-state index contributed by atoms with van der Waals surface area (Å²) in [5, 5.41) is 13.2. The second-order valence-electron chi connectivity index (χ2n) is 4.42. The average Bonchev–Trinajstić information content (AvgIpc) is 2.34. The summed E-state index contributed by atoms with van der Waals surface area (Å²) < 4.78 is 5.02. The smallest absolute Gasteiger partial charge is 0.121 e. The van der Waals surface area contributed by atoms with E-state index in [4.69, 9.17) is 4.74 Å². The Hall–Kier alpha value is -1.10. The summed E-state index contributed by atoms with van der Waals surface area (Å²) >= 11 is 0. The normalized spacial score (nSPS) is 17.2. The van der Waals surface area contributed by atoms with Crippen molar-refractivity contribution >= 4 is 0 Å². The van der Waals surface area contributed by atoms with Gasteiger partial charge in [-0.15, -0.1) is 0 Å². The molecule has 0 atom stereocenters. The SMILES string of the molecule is COCc1ccc(CN2CCNCC2)cc1O. The molecule has 0 bridgehead atoms. The summed E-state index contributed by atoms with van der Waals surface area (Å²) in [5.41, 5.74) is 2.00. The minimum atomic E-state index is 0.333. The zero-order valence-corrected chi connectivity index (χ0v) is 10.3. The molecule has 1 aliphatic heterocycles. The number of methoxy groups -OCH3 is 1. The molecule has 0 aromatic heterocycles. The van der Waals surface area contributed by atoms with E-state index in [0.717, 1.165) is 43.9 Å². The molecule has 1 aliphatic rings. The van der Waals surface area contributed by atoms with Crippen LogP contribution in [0.2, 0.25) is 0 Å². The number of nitrogens with one attached hydrogen (secondary N) is 1. The van der Waals surface area contributed by atoms with Crippen molar-refractivity contribution in [3.63, 3.8) is 0 Å². The van der Waals surface area contributed by atoms with Crippen molar-refractivity contribution in [1.29, 1.82) is 0 Å². The molecule has 1 fully saturated rings. The summed E-state index contributed by atoms with van der Waals surface area (Å²) in [6.45, 7) is 5.60. The molecule has 4 nitrogen and oxygen atoms in total. The Kier molecular flexibility index (Phi) is 4.36. The molecule has 2 rings (SSSR count). The van der Waals surface area contributed by atoms with Crippen LogP contribution in [-0.4, -0.2) is 43.3 Å². The van der Waals surface area contributed by atoms with Crippen LogP contribution in [0.4, 0.5) is 0 Å². The van der Waals surface area contributed by atoms with Crippen LogP contribution in [0.15, 0.2) is 18.2 Å². The van der Waals surface area contributed by atoms with E-state index in [1.54, 1.807) is 7.11 Å². The number of rotatable bonds is 4. The molecule has 0 unspecified atom stereocenters. The van der Waals surface area contributed by atoms with Crippen molar-refractivity contribution < 1.29 is 9.84 Å². The summed E-state index contributed by atoms with van der Waals surface area (Å²) in [5.74, 6) is 0.333. The van der Waals surface area contributed by atoms with Gasteiger partial charge >= 0.3 is 0 Å². The molecule has 0 radical (unpaired) electrons. The van der Waals surface area contributed by atoms with Gasteiger partial charge in [-0.1, -0.05) is 12.1 Å². The van der Waals surface area contributed by atoms with Crippen LogP contribution < -0.4 is 5.32 Å².